The van der Waals surface area contributed by atoms with Crippen molar-refractivity contribution in [2.24, 2.45) is 0 Å². The van der Waals surface area contributed by atoms with E-state index in [0.717, 1.165) is 39.6 Å². The molecule has 3 rings (SSSR count). The van der Waals surface area contributed by atoms with Crippen LogP contribution in [0.1, 0.15) is 42.0 Å². The van der Waals surface area contributed by atoms with Crippen LogP contribution >= 0.6 is 15.9 Å². The third-order valence-corrected chi connectivity index (χ3v) is 6.44. The van der Waals surface area contributed by atoms with Crippen molar-refractivity contribution >= 4 is 27.7 Å². The Labute approximate surface area is 211 Å². The molecule has 0 aromatic heterocycles. The van der Waals surface area contributed by atoms with Crippen LogP contribution in [0.4, 0.5) is 0 Å². The van der Waals surface area contributed by atoms with E-state index in [0.29, 0.717) is 19.5 Å². The maximum Gasteiger partial charge on any atom is 0.243 e. The second-order valence-electron chi connectivity index (χ2n) is 8.60. The molecule has 5 heteroatoms. The number of hydrogen-bond acceptors (Lipinski definition) is 2. The van der Waals surface area contributed by atoms with Gasteiger partial charge in [-0.15, -0.1) is 0 Å². The summed E-state index contributed by atoms with van der Waals surface area (Å²) in [6.07, 6.45) is 2.63. The molecule has 1 N–H and O–H groups in total. The molecule has 3 aromatic rings. The van der Waals surface area contributed by atoms with E-state index in [1.807, 2.05) is 85.8 Å². The zero-order valence-corrected chi connectivity index (χ0v) is 21.6. The minimum Gasteiger partial charge on any atom is -0.354 e. The van der Waals surface area contributed by atoms with E-state index in [2.05, 4.69) is 28.2 Å². The average molecular weight is 521 g/mol. The van der Waals surface area contributed by atoms with Crippen molar-refractivity contribution in [1.82, 2.24) is 10.2 Å². The van der Waals surface area contributed by atoms with Crippen LogP contribution in [0, 0.1) is 6.92 Å². The minimum absolute atomic E-state index is 0.0548. The summed E-state index contributed by atoms with van der Waals surface area (Å²) < 4.78 is 0.948. The molecule has 0 fully saturated rings. The van der Waals surface area contributed by atoms with Crippen molar-refractivity contribution in [2.75, 3.05) is 6.54 Å². The van der Waals surface area contributed by atoms with Gasteiger partial charge in [-0.2, -0.15) is 0 Å². The first-order chi connectivity index (χ1) is 16.5. The van der Waals surface area contributed by atoms with Gasteiger partial charge in [0.05, 0.1) is 6.42 Å². The lowest BCUT2D eigenvalue weighted by molar-refractivity contribution is -0.140. The van der Waals surface area contributed by atoms with Gasteiger partial charge in [0, 0.05) is 24.0 Å². The number of unbranched alkanes of at least 4 members (excludes halogenated alkanes) is 1. The van der Waals surface area contributed by atoms with E-state index in [9.17, 15) is 9.59 Å². The highest BCUT2D eigenvalue weighted by Crippen LogP contribution is 2.19. The smallest absolute Gasteiger partial charge is 0.243 e. The van der Waals surface area contributed by atoms with Crippen molar-refractivity contribution in [3.8, 4) is 0 Å². The Kier molecular flexibility index (Phi) is 9.89. The molecule has 178 valence electrons. The molecule has 0 aliphatic carbocycles. The summed E-state index contributed by atoms with van der Waals surface area (Å²) in [5.74, 6) is -0.161. The fraction of sp³-hybridized carbons (Fsp3) is 0.310. The van der Waals surface area contributed by atoms with Gasteiger partial charge in [0.2, 0.25) is 11.8 Å². The van der Waals surface area contributed by atoms with Crippen LogP contribution in [0.5, 0.6) is 0 Å². The highest BCUT2D eigenvalue weighted by molar-refractivity contribution is 9.10. The van der Waals surface area contributed by atoms with Crippen molar-refractivity contribution < 1.29 is 9.59 Å². The van der Waals surface area contributed by atoms with Crippen LogP contribution in [-0.4, -0.2) is 29.3 Å². The van der Waals surface area contributed by atoms with E-state index < -0.39 is 6.04 Å². The molecule has 0 saturated carbocycles. The van der Waals surface area contributed by atoms with Crippen LogP contribution in [0.15, 0.2) is 83.3 Å². The first kappa shape index (κ1) is 25.7. The zero-order chi connectivity index (χ0) is 24.3. The molecule has 0 bridgehead atoms. The summed E-state index contributed by atoms with van der Waals surface area (Å²) in [6, 6.07) is 25.1. The predicted octanol–water partition coefficient (Wildman–Crippen LogP) is 5.86. The summed E-state index contributed by atoms with van der Waals surface area (Å²) >= 11 is 3.53. The molecule has 0 spiro atoms. The number of carbonyl (C=O) groups is 2. The molecular formula is C29H33BrN2O2. The Hall–Kier alpha value is -2.92. The van der Waals surface area contributed by atoms with Crippen LogP contribution in [0.3, 0.4) is 0 Å². The van der Waals surface area contributed by atoms with Gasteiger partial charge in [-0.3, -0.25) is 9.59 Å². The number of hydrogen-bond donors (Lipinski definition) is 1. The number of rotatable bonds is 11. The lowest BCUT2D eigenvalue weighted by Crippen LogP contribution is -2.51. The third kappa shape index (κ3) is 7.56. The first-order valence-corrected chi connectivity index (χ1v) is 12.7. The van der Waals surface area contributed by atoms with E-state index in [-0.39, 0.29) is 18.2 Å². The molecule has 0 aliphatic heterocycles. The average Bonchev–Trinajstić information content (AvgIpc) is 2.83. The molecule has 0 unspecified atom stereocenters. The molecule has 34 heavy (non-hydrogen) atoms. The Bertz CT molecular complexity index is 1080. The summed E-state index contributed by atoms with van der Waals surface area (Å²) in [7, 11) is 0. The van der Waals surface area contributed by atoms with Crippen LogP contribution < -0.4 is 5.32 Å². The summed E-state index contributed by atoms with van der Waals surface area (Å²) in [5, 5.41) is 3.07. The fourth-order valence-electron chi connectivity index (χ4n) is 3.97. The number of aryl methyl sites for hydroxylation is 1. The standard InChI is InChI=1S/C29H33BrN2O2/c1-3-4-17-31-29(34)27(19-23-12-6-5-7-13-23)32(21-24-14-10-16-26(30)18-24)28(33)20-25-15-9-8-11-22(25)2/h5-16,18,27H,3-4,17,19-21H2,1-2H3,(H,31,34)/t27-/m0/s1. The largest absolute Gasteiger partial charge is 0.354 e. The van der Waals surface area contributed by atoms with Crippen molar-refractivity contribution in [3.63, 3.8) is 0 Å². The molecule has 4 nitrogen and oxygen atoms in total. The molecule has 2 amide bonds. The normalized spacial score (nSPS) is 11.6. The predicted molar refractivity (Wildman–Crippen MR) is 141 cm³/mol. The van der Waals surface area contributed by atoms with Gasteiger partial charge < -0.3 is 10.2 Å². The van der Waals surface area contributed by atoms with Crippen molar-refractivity contribution in [1.29, 1.82) is 0 Å². The van der Waals surface area contributed by atoms with Gasteiger partial charge in [0.25, 0.3) is 0 Å². The van der Waals surface area contributed by atoms with E-state index in [4.69, 9.17) is 0 Å². The first-order valence-electron chi connectivity index (χ1n) is 11.9. The SMILES string of the molecule is CCCCNC(=O)[C@H](Cc1ccccc1)N(Cc1cccc(Br)c1)C(=O)Cc1ccccc1C. The monoisotopic (exact) mass is 520 g/mol. The van der Waals surface area contributed by atoms with Gasteiger partial charge in [-0.25, -0.2) is 0 Å². The number of nitrogens with one attached hydrogen (secondary N) is 1. The quantitative estimate of drug-likeness (QED) is 0.322. The van der Waals surface area contributed by atoms with Crippen LogP contribution in [0.25, 0.3) is 0 Å². The number of benzene rings is 3. The van der Waals surface area contributed by atoms with Crippen LogP contribution in [-0.2, 0) is 29.0 Å². The Morgan fingerprint density at radius 1 is 0.941 bits per heavy atom. The van der Waals surface area contributed by atoms with Crippen molar-refractivity contribution in [2.45, 2.75) is 52.1 Å². The lowest BCUT2D eigenvalue weighted by atomic mass is 10.00. The molecule has 3 aromatic carbocycles. The number of nitrogens with zero attached hydrogens (tertiary/aromatic N) is 1. The Morgan fingerprint density at radius 2 is 1.65 bits per heavy atom. The molecule has 1 atom stereocenters. The summed E-state index contributed by atoms with van der Waals surface area (Å²) in [5.41, 5.74) is 4.06. The Morgan fingerprint density at radius 3 is 2.35 bits per heavy atom. The van der Waals surface area contributed by atoms with Gasteiger partial charge in [-0.05, 0) is 47.7 Å². The van der Waals surface area contributed by atoms with Gasteiger partial charge >= 0.3 is 0 Å². The zero-order valence-electron chi connectivity index (χ0n) is 20.0. The molecule has 0 aliphatic rings. The second kappa shape index (κ2) is 13.1. The maximum atomic E-state index is 13.8. The number of carbonyl (C=O) groups excluding carboxylic acids is 2. The van der Waals surface area contributed by atoms with Gasteiger partial charge in [0.1, 0.15) is 6.04 Å². The van der Waals surface area contributed by atoms with Crippen LogP contribution in [0.2, 0.25) is 0 Å². The molecule has 0 heterocycles. The summed E-state index contributed by atoms with van der Waals surface area (Å²) in [4.78, 5) is 28.9. The maximum absolute atomic E-state index is 13.8. The minimum atomic E-state index is -0.602. The lowest BCUT2D eigenvalue weighted by Gasteiger charge is -2.32. The third-order valence-electron chi connectivity index (χ3n) is 5.95. The van der Waals surface area contributed by atoms with E-state index in [1.165, 1.54) is 0 Å². The van der Waals surface area contributed by atoms with Gasteiger partial charge in [-0.1, -0.05) is 96.0 Å². The molecule has 0 radical (unpaired) electrons. The number of amides is 2. The van der Waals surface area contributed by atoms with Crippen molar-refractivity contribution in [3.05, 3.63) is 106 Å². The summed E-state index contributed by atoms with van der Waals surface area (Å²) in [6.45, 7) is 5.08. The topological polar surface area (TPSA) is 49.4 Å². The molecule has 0 saturated heterocycles. The fourth-order valence-corrected chi connectivity index (χ4v) is 4.41. The number of halogens is 1. The molecular weight excluding hydrogens is 488 g/mol. The van der Waals surface area contributed by atoms with E-state index in [1.54, 1.807) is 4.90 Å². The van der Waals surface area contributed by atoms with Gasteiger partial charge in [0.15, 0.2) is 0 Å². The second-order valence-corrected chi connectivity index (χ2v) is 9.52. The Balaban J connectivity index is 1.95. The highest BCUT2D eigenvalue weighted by atomic mass is 79.9. The van der Waals surface area contributed by atoms with E-state index >= 15 is 0 Å². The highest BCUT2D eigenvalue weighted by Gasteiger charge is 2.30.